The van der Waals surface area contributed by atoms with Crippen LogP contribution in [-0.2, 0) is 6.54 Å². The number of piperidine rings is 1. The van der Waals surface area contributed by atoms with Crippen LogP contribution in [0.1, 0.15) is 55.6 Å². The molecule has 1 saturated heterocycles. The Bertz CT molecular complexity index is 527. The highest BCUT2D eigenvalue weighted by Gasteiger charge is 2.20. The van der Waals surface area contributed by atoms with Crippen molar-refractivity contribution in [1.82, 2.24) is 15.2 Å². The minimum absolute atomic E-state index is 0.547. The molecule has 0 radical (unpaired) electrons. The third kappa shape index (κ3) is 5.45. The number of guanidine groups is 1. The molecule has 0 aromatic carbocycles. The van der Waals surface area contributed by atoms with Crippen LogP contribution in [0.15, 0.2) is 10.4 Å². The zero-order valence-corrected chi connectivity index (χ0v) is 15.7. The van der Waals surface area contributed by atoms with E-state index in [1.165, 1.54) is 50.6 Å². The molecule has 134 valence electrons. The number of rotatable bonds is 5. The monoisotopic (exact) mass is 349 g/mol. The fraction of sp³-hybridized carbons (Fsp3) is 0.778. The van der Waals surface area contributed by atoms with Gasteiger partial charge < -0.3 is 11.1 Å². The fourth-order valence-corrected chi connectivity index (χ4v) is 4.37. The molecule has 2 heterocycles. The number of aromatic nitrogens is 1. The molecule has 0 bridgehead atoms. The van der Waals surface area contributed by atoms with Crippen LogP contribution in [0.25, 0.3) is 0 Å². The van der Waals surface area contributed by atoms with Crippen molar-refractivity contribution in [2.45, 2.75) is 64.5 Å². The van der Waals surface area contributed by atoms with Gasteiger partial charge in [-0.3, -0.25) is 9.89 Å². The van der Waals surface area contributed by atoms with E-state index in [1.807, 2.05) is 0 Å². The van der Waals surface area contributed by atoms with Crippen LogP contribution < -0.4 is 11.1 Å². The second-order valence-corrected chi connectivity index (χ2v) is 8.34. The van der Waals surface area contributed by atoms with Crippen molar-refractivity contribution in [3.05, 3.63) is 16.1 Å². The first-order valence-electron chi connectivity index (χ1n) is 9.39. The van der Waals surface area contributed by atoms with Crippen LogP contribution in [-0.4, -0.2) is 41.5 Å². The topological polar surface area (TPSA) is 66.5 Å². The average Bonchev–Trinajstić information content (AvgIpc) is 3.00. The zero-order valence-electron chi connectivity index (χ0n) is 14.8. The van der Waals surface area contributed by atoms with E-state index >= 15 is 0 Å². The van der Waals surface area contributed by atoms with Crippen molar-refractivity contribution in [3.8, 4) is 0 Å². The van der Waals surface area contributed by atoms with Gasteiger partial charge in [0.15, 0.2) is 5.96 Å². The summed E-state index contributed by atoms with van der Waals surface area (Å²) >= 11 is 1.74. The summed E-state index contributed by atoms with van der Waals surface area (Å²) < 4.78 is 0. The Kier molecular flexibility index (Phi) is 6.49. The molecule has 3 N–H and O–H groups in total. The predicted molar refractivity (Wildman–Crippen MR) is 101 cm³/mol. The first-order chi connectivity index (χ1) is 11.7. The van der Waals surface area contributed by atoms with Crippen LogP contribution in [0.3, 0.4) is 0 Å². The summed E-state index contributed by atoms with van der Waals surface area (Å²) in [4.78, 5) is 11.7. The lowest BCUT2D eigenvalue weighted by atomic mass is 9.95. The van der Waals surface area contributed by atoms with Gasteiger partial charge in [-0.2, -0.15) is 0 Å². The highest BCUT2D eigenvalue weighted by molar-refractivity contribution is 7.09. The molecular weight excluding hydrogens is 318 g/mol. The number of hydrogen-bond acceptors (Lipinski definition) is 4. The molecule has 1 saturated carbocycles. The van der Waals surface area contributed by atoms with E-state index in [9.17, 15) is 0 Å². The third-order valence-electron chi connectivity index (χ3n) is 5.24. The van der Waals surface area contributed by atoms with Crippen LogP contribution in [0.4, 0.5) is 0 Å². The van der Waals surface area contributed by atoms with Crippen molar-refractivity contribution < 1.29 is 0 Å². The average molecular weight is 350 g/mol. The van der Waals surface area contributed by atoms with E-state index in [-0.39, 0.29) is 0 Å². The minimum atomic E-state index is 0.547. The van der Waals surface area contributed by atoms with Crippen LogP contribution >= 0.6 is 11.3 Å². The molecule has 2 fully saturated rings. The van der Waals surface area contributed by atoms with Crippen molar-refractivity contribution in [2.75, 3.05) is 19.6 Å². The summed E-state index contributed by atoms with van der Waals surface area (Å²) in [6, 6.07) is 0.547. The number of nitrogens with one attached hydrogen (secondary N) is 1. The van der Waals surface area contributed by atoms with Crippen molar-refractivity contribution in [1.29, 1.82) is 0 Å². The number of thiazole rings is 1. The summed E-state index contributed by atoms with van der Waals surface area (Å²) in [5.74, 6) is 1.33. The van der Waals surface area contributed by atoms with Gasteiger partial charge in [0.1, 0.15) is 0 Å². The molecular formula is C18H31N5S. The zero-order chi connectivity index (χ0) is 16.8. The molecule has 0 spiro atoms. The van der Waals surface area contributed by atoms with Crippen molar-refractivity contribution in [3.63, 3.8) is 0 Å². The van der Waals surface area contributed by atoms with Gasteiger partial charge in [0.05, 0.1) is 10.7 Å². The maximum atomic E-state index is 6.07. The normalized spacial score (nSPS) is 22.0. The lowest BCUT2D eigenvalue weighted by Crippen LogP contribution is -2.41. The molecule has 1 aromatic rings. The highest BCUT2D eigenvalue weighted by Crippen LogP contribution is 2.20. The first kappa shape index (κ1) is 17.7. The van der Waals surface area contributed by atoms with Gasteiger partial charge in [-0.25, -0.2) is 4.98 Å². The molecule has 6 heteroatoms. The van der Waals surface area contributed by atoms with E-state index in [4.69, 9.17) is 5.73 Å². The van der Waals surface area contributed by atoms with E-state index < -0.39 is 0 Å². The van der Waals surface area contributed by atoms with Crippen LogP contribution in [0.2, 0.25) is 0 Å². The van der Waals surface area contributed by atoms with Crippen LogP contribution in [0, 0.1) is 12.8 Å². The Morgan fingerprint density at radius 2 is 2.04 bits per heavy atom. The number of nitrogens with zero attached hydrogens (tertiary/aromatic N) is 3. The molecule has 2 aliphatic rings. The van der Waals surface area contributed by atoms with Gasteiger partial charge >= 0.3 is 0 Å². The third-order valence-corrected chi connectivity index (χ3v) is 6.06. The van der Waals surface area contributed by atoms with E-state index in [1.54, 1.807) is 11.3 Å². The summed E-state index contributed by atoms with van der Waals surface area (Å²) in [5.41, 5.74) is 7.29. The largest absolute Gasteiger partial charge is 0.370 e. The van der Waals surface area contributed by atoms with Gasteiger partial charge in [-0.05, 0) is 51.6 Å². The minimum Gasteiger partial charge on any atom is -0.370 e. The van der Waals surface area contributed by atoms with Crippen LogP contribution in [0.5, 0.6) is 0 Å². The summed E-state index contributed by atoms with van der Waals surface area (Å²) in [7, 11) is 0. The number of hydrogen-bond donors (Lipinski definition) is 2. The molecule has 0 amide bonds. The van der Waals surface area contributed by atoms with Gasteiger partial charge in [0, 0.05) is 24.5 Å². The van der Waals surface area contributed by atoms with Gasteiger partial charge in [-0.1, -0.05) is 19.3 Å². The summed E-state index contributed by atoms with van der Waals surface area (Å²) in [6.07, 6.45) is 8.92. The number of likely N-dealkylation sites (tertiary alicyclic amines) is 1. The molecule has 1 aliphatic heterocycles. The number of aliphatic imine (C=N–C) groups is 1. The predicted octanol–water partition coefficient (Wildman–Crippen LogP) is 2.90. The van der Waals surface area contributed by atoms with Gasteiger partial charge in [0.2, 0.25) is 0 Å². The molecule has 24 heavy (non-hydrogen) atoms. The number of nitrogens with two attached hydrogens (primary N) is 1. The molecule has 1 aromatic heterocycles. The Labute approximate surface area is 149 Å². The molecule has 3 rings (SSSR count). The summed E-state index contributed by atoms with van der Waals surface area (Å²) in [6.45, 7) is 6.23. The molecule has 1 aliphatic carbocycles. The smallest absolute Gasteiger partial charge is 0.188 e. The SMILES string of the molecule is Cc1nc(CN2CCC(CN=C(N)NC3CCCCC3)CC2)cs1. The molecule has 0 atom stereocenters. The quantitative estimate of drug-likeness (QED) is 0.634. The van der Waals surface area contributed by atoms with E-state index in [0.717, 1.165) is 31.2 Å². The Morgan fingerprint density at radius 3 is 2.71 bits per heavy atom. The van der Waals surface area contributed by atoms with E-state index in [2.05, 4.69) is 32.5 Å². The number of aryl methyl sites for hydroxylation is 1. The molecule has 5 nitrogen and oxygen atoms in total. The Hall–Kier alpha value is -1.14. The second kappa shape index (κ2) is 8.81. The summed E-state index contributed by atoms with van der Waals surface area (Å²) in [5, 5.41) is 6.76. The van der Waals surface area contributed by atoms with Gasteiger partial charge in [-0.15, -0.1) is 11.3 Å². The standard InChI is InChI=1S/C18H31N5S/c1-14-21-17(13-24-14)12-23-9-7-15(8-10-23)11-20-18(19)22-16-5-3-2-4-6-16/h13,15-16H,2-12H2,1H3,(H3,19,20,22). The molecule has 0 unspecified atom stereocenters. The fourth-order valence-electron chi connectivity index (χ4n) is 3.77. The maximum Gasteiger partial charge on any atom is 0.188 e. The maximum absolute atomic E-state index is 6.07. The van der Waals surface area contributed by atoms with Gasteiger partial charge in [0.25, 0.3) is 0 Å². The Balaban J connectivity index is 1.36. The first-order valence-corrected chi connectivity index (χ1v) is 10.3. The second-order valence-electron chi connectivity index (χ2n) is 7.28. The lowest BCUT2D eigenvalue weighted by molar-refractivity contribution is 0.179. The van der Waals surface area contributed by atoms with E-state index in [0.29, 0.717) is 17.9 Å². The highest BCUT2D eigenvalue weighted by atomic mass is 32.1. The lowest BCUT2D eigenvalue weighted by Gasteiger charge is -2.30. The van der Waals surface area contributed by atoms with Crippen molar-refractivity contribution in [2.24, 2.45) is 16.6 Å². The Morgan fingerprint density at radius 1 is 1.29 bits per heavy atom. The van der Waals surface area contributed by atoms with Crippen molar-refractivity contribution >= 4 is 17.3 Å².